The van der Waals surface area contributed by atoms with E-state index in [0.717, 1.165) is 16.3 Å². The highest BCUT2D eigenvalue weighted by molar-refractivity contribution is 5.85. The lowest BCUT2D eigenvalue weighted by atomic mass is 10.0. The molecule has 27 heavy (non-hydrogen) atoms. The van der Waals surface area contributed by atoms with Gasteiger partial charge >= 0.3 is 0 Å². The second-order valence-electron chi connectivity index (χ2n) is 7.03. The minimum absolute atomic E-state index is 0.00864. The van der Waals surface area contributed by atoms with Crippen molar-refractivity contribution in [2.75, 3.05) is 33.9 Å². The van der Waals surface area contributed by atoms with E-state index in [4.69, 9.17) is 9.47 Å². The molecule has 6 heteroatoms. The molecule has 1 aliphatic rings. The van der Waals surface area contributed by atoms with Crippen LogP contribution in [0.5, 0.6) is 0 Å². The Kier molecular flexibility index (Phi) is 6.42. The summed E-state index contributed by atoms with van der Waals surface area (Å²) >= 11 is 0. The second kappa shape index (κ2) is 8.97. The fraction of sp³-hybridized carbons (Fsp3) is 0.429. The number of amides is 2. The van der Waals surface area contributed by atoms with Crippen molar-refractivity contribution in [3.63, 3.8) is 0 Å². The summed E-state index contributed by atoms with van der Waals surface area (Å²) in [5.41, 5.74) is 0.961. The summed E-state index contributed by atoms with van der Waals surface area (Å²) < 4.78 is 11.2. The summed E-state index contributed by atoms with van der Waals surface area (Å²) in [5, 5.41) is 5.28. The number of fused-ring (bicyclic) bond motifs is 1. The lowest BCUT2D eigenvalue weighted by Crippen LogP contribution is -2.51. The van der Waals surface area contributed by atoms with Crippen molar-refractivity contribution >= 4 is 22.6 Å². The molecular formula is C21H26N2O4. The lowest BCUT2D eigenvalue weighted by Gasteiger charge is -2.32. The molecule has 1 N–H and O–H groups in total. The van der Waals surface area contributed by atoms with Gasteiger partial charge in [0.1, 0.15) is 6.61 Å². The Hall–Kier alpha value is -2.44. The van der Waals surface area contributed by atoms with E-state index in [0.29, 0.717) is 26.1 Å². The highest BCUT2D eigenvalue weighted by atomic mass is 16.5. The molecule has 0 aromatic heterocycles. The first kappa shape index (κ1) is 19.3. The van der Waals surface area contributed by atoms with Crippen LogP contribution in [0.15, 0.2) is 42.5 Å². The Morgan fingerprint density at radius 3 is 2.74 bits per heavy atom. The first-order valence-corrected chi connectivity index (χ1v) is 9.19. The summed E-state index contributed by atoms with van der Waals surface area (Å²) in [7, 11) is 3.39. The van der Waals surface area contributed by atoms with Crippen molar-refractivity contribution in [1.82, 2.24) is 10.2 Å². The number of carbonyl (C=O) groups excluding carboxylic acids is 2. The molecule has 1 heterocycles. The Morgan fingerprint density at radius 2 is 1.96 bits per heavy atom. The van der Waals surface area contributed by atoms with Gasteiger partial charge in [-0.25, -0.2) is 0 Å². The van der Waals surface area contributed by atoms with E-state index >= 15 is 0 Å². The monoisotopic (exact) mass is 370 g/mol. The molecule has 2 amide bonds. The molecule has 144 valence electrons. The average Bonchev–Trinajstić information content (AvgIpc) is 2.66. The van der Waals surface area contributed by atoms with Crippen LogP contribution in [0.4, 0.5) is 0 Å². The lowest BCUT2D eigenvalue weighted by molar-refractivity contribution is -0.140. The van der Waals surface area contributed by atoms with Gasteiger partial charge in [0.15, 0.2) is 0 Å². The van der Waals surface area contributed by atoms with Gasteiger partial charge in [0.25, 0.3) is 0 Å². The molecule has 0 spiro atoms. The third-order valence-corrected chi connectivity index (χ3v) is 4.74. The summed E-state index contributed by atoms with van der Waals surface area (Å²) in [6.45, 7) is 0.969. The summed E-state index contributed by atoms with van der Waals surface area (Å²) in [5.74, 6) is -0.170. The SMILES string of the molecule is CN(C)C(=O)CO[C@H]1CCOC[C@H]1NC(=O)Cc1ccc2ccccc2c1. The summed E-state index contributed by atoms with van der Waals surface area (Å²) in [6.07, 6.45) is 0.731. The normalized spacial score (nSPS) is 19.6. The molecule has 2 atom stereocenters. The van der Waals surface area contributed by atoms with Crippen molar-refractivity contribution in [2.24, 2.45) is 0 Å². The number of ether oxygens (including phenoxy) is 2. The largest absolute Gasteiger partial charge is 0.379 e. The van der Waals surface area contributed by atoms with Crippen LogP contribution in [-0.2, 0) is 25.5 Å². The number of hydrogen-bond donors (Lipinski definition) is 1. The average molecular weight is 370 g/mol. The molecule has 1 aliphatic heterocycles. The summed E-state index contributed by atoms with van der Waals surface area (Å²) in [6, 6.07) is 13.9. The first-order valence-electron chi connectivity index (χ1n) is 9.19. The third-order valence-electron chi connectivity index (χ3n) is 4.74. The molecule has 2 aromatic carbocycles. The molecule has 0 aliphatic carbocycles. The van der Waals surface area contributed by atoms with Crippen LogP contribution in [0.3, 0.4) is 0 Å². The van der Waals surface area contributed by atoms with Crippen molar-refractivity contribution in [3.05, 3.63) is 48.0 Å². The minimum Gasteiger partial charge on any atom is -0.379 e. The van der Waals surface area contributed by atoms with Crippen LogP contribution in [0, 0.1) is 0 Å². The van der Waals surface area contributed by atoms with Crippen molar-refractivity contribution in [1.29, 1.82) is 0 Å². The van der Waals surface area contributed by atoms with Crippen LogP contribution in [0.2, 0.25) is 0 Å². The smallest absolute Gasteiger partial charge is 0.248 e. The molecule has 0 bridgehead atoms. The van der Waals surface area contributed by atoms with E-state index in [1.165, 1.54) is 4.90 Å². The van der Waals surface area contributed by atoms with Gasteiger partial charge in [0.05, 0.1) is 25.2 Å². The van der Waals surface area contributed by atoms with Gasteiger partial charge in [0, 0.05) is 20.7 Å². The molecule has 1 fully saturated rings. The number of benzene rings is 2. The van der Waals surface area contributed by atoms with Gasteiger partial charge in [-0.05, 0) is 22.8 Å². The zero-order chi connectivity index (χ0) is 19.2. The predicted molar refractivity (Wildman–Crippen MR) is 103 cm³/mol. The maximum Gasteiger partial charge on any atom is 0.248 e. The zero-order valence-corrected chi connectivity index (χ0v) is 15.8. The molecule has 6 nitrogen and oxygen atoms in total. The van der Waals surface area contributed by atoms with E-state index in [1.807, 2.05) is 36.4 Å². The first-order chi connectivity index (χ1) is 13.0. The van der Waals surface area contributed by atoms with Gasteiger partial charge in [-0.3, -0.25) is 9.59 Å². The third kappa shape index (κ3) is 5.28. The Balaban J connectivity index is 1.57. The van der Waals surface area contributed by atoms with Gasteiger partial charge in [-0.2, -0.15) is 0 Å². The molecule has 1 saturated heterocycles. The van der Waals surface area contributed by atoms with E-state index in [9.17, 15) is 9.59 Å². The van der Waals surface area contributed by atoms with Crippen LogP contribution in [-0.4, -0.2) is 62.8 Å². The second-order valence-corrected chi connectivity index (χ2v) is 7.03. The fourth-order valence-electron chi connectivity index (χ4n) is 3.15. The van der Waals surface area contributed by atoms with E-state index in [2.05, 4.69) is 11.4 Å². The van der Waals surface area contributed by atoms with Gasteiger partial charge in [-0.15, -0.1) is 0 Å². The summed E-state index contributed by atoms with van der Waals surface area (Å²) in [4.78, 5) is 25.7. The van der Waals surface area contributed by atoms with Crippen LogP contribution in [0.25, 0.3) is 10.8 Å². The van der Waals surface area contributed by atoms with Crippen LogP contribution >= 0.6 is 0 Å². The highest BCUT2D eigenvalue weighted by Gasteiger charge is 2.28. The quantitative estimate of drug-likeness (QED) is 0.841. The fourth-order valence-corrected chi connectivity index (χ4v) is 3.15. The van der Waals surface area contributed by atoms with Crippen molar-refractivity contribution < 1.29 is 19.1 Å². The van der Waals surface area contributed by atoms with Crippen molar-refractivity contribution in [2.45, 2.75) is 25.0 Å². The zero-order valence-electron chi connectivity index (χ0n) is 15.8. The molecule has 0 saturated carbocycles. The topological polar surface area (TPSA) is 67.9 Å². The molecule has 2 aromatic rings. The van der Waals surface area contributed by atoms with Crippen molar-refractivity contribution in [3.8, 4) is 0 Å². The van der Waals surface area contributed by atoms with E-state index in [-0.39, 0.29) is 30.6 Å². The van der Waals surface area contributed by atoms with Gasteiger partial charge < -0.3 is 19.7 Å². The Labute approximate surface area is 159 Å². The molecular weight excluding hydrogens is 344 g/mol. The number of hydrogen-bond acceptors (Lipinski definition) is 4. The maximum atomic E-state index is 12.5. The van der Waals surface area contributed by atoms with Gasteiger partial charge in [-0.1, -0.05) is 42.5 Å². The molecule has 3 rings (SSSR count). The molecule has 0 radical (unpaired) electrons. The number of likely N-dealkylation sites (N-methyl/N-ethyl adjacent to an activating group) is 1. The Bertz CT molecular complexity index is 806. The van der Waals surface area contributed by atoms with Gasteiger partial charge in [0.2, 0.25) is 11.8 Å². The standard InChI is InChI=1S/C21H26N2O4/c1-23(2)21(25)14-27-19-9-10-26-13-18(19)22-20(24)12-15-7-8-16-5-3-4-6-17(16)11-15/h3-8,11,18-19H,9-10,12-14H2,1-2H3,(H,22,24)/t18-,19+/m1/s1. The maximum absolute atomic E-state index is 12.5. The predicted octanol–water partition coefficient (Wildman–Crippen LogP) is 1.76. The number of nitrogens with one attached hydrogen (secondary N) is 1. The number of nitrogens with zero attached hydrogens (tertiary/aromatic N) is 1. The molecule has 0 unspecified atom stereocenters. The van der Waals surface area contributed by atoms with E-state index < -0.39 is 0 Å². The Morgan fingerprint density at radius 1 is 1.19 bits per heavy atom. The number of carbonyl (C=O) groups is 2. The van der Waals surface area contributed by atoms with Crippen LogP contribution in [0.1, 0.15) is 12.0 Å². The van der Waals surface area contributed by atoms with E-state index in [1.54, 1.807) is 14.1 Å². The van der Waals surface area contributed by atoms with Crippen LogP contribution < -0.4 is 5.32 Å². The highest BCUT2D eigenvalue weighted by Crippen LogP contribution is 2.17. The minimum atomic E-state index is -0.248. The number of rotatable bonds is 6.